The van der Waals surface area contributed by atoms with E-state index in [1.54, 1.807) is 6.33 Å². The highest BCUT2D eigenvalue weighted by atomic mass is 32.1. The molecular weight excluding hydrogens is 370 g/mol. The van der Waals surface area contributed by atoms with E-state index in [0.717, 1.165) is 42.8 Å². The first-order valence-electron chi connectivity index (χ1n) is 11.0. The lowest BCUT2D eigenvalue weighted by Crippen LogP contribution is -2.68. The first-order valence-corrected chi connectivity index (χ1v) is 11.8. The Balaban J connectivity index is 1.15. The number of fused-ring (bicyclic) bond motifs is 3. The van der Waals surface area contributed by atoms with E-state index in [0.29, 0.717) is 17.4 Å². The van der Waals surface area contributed by atoms with Crippen LogP contribution >= 0.6 is 11.3 Å². The first kappa shape index (κ1) is 17.6. The molecule has 3 fully saturated rings. The van der Waals surface area contributed by atoms with Crippen LogP contribution in [-0.2, 0) is 11.2 Å². The molecule has 2 saturated heterocycles. The highest BCUT2D eigenvalue weighted by molar-refractivity contribution is 7.19. The van der Waals surface area contributed by atoms with Crippen molar-refractivity contribution >= 4 is 21.6 Å². The van der Waals surface area contributed by atoms with Gasteiger partial charge in [0.05, 0.1) is 18.6 Å². The molecule has 0 unspecified atom stereocenters. The molecule has 1 saturated carbocycles. The van der Waals surface area contributed by atoms with E-state index in [1.807, 2.05) is 11.3 Å². The number of aromatic nitrogens is 2. The van der Waals surface area contributed by atoms with Crippen LogP contribution in [0.3, 0.4) is 0 Å². The van der Waals surface area contributed by atoms with Crippen LogP contribution in [0, 0.1) is 5.41 Å². The summed E-state index contributed by atoms with van der Waals surface area (Å²) < 4.78 is 11.9. The van der Waals surface area contributed by atoms with Crippen LogP contribution < -0.4 is 4.74 Å². The molecule has 2 aromatic rings. The van der Waals surface area contributed by atoms with Crippen molar-refractivity contribution in [3.05, 3.63) is 16.8 Å². The molecule has 4 aliphatic rings. The molecule has 6 heteroatoms. The molecule has 1 atom stereocenters. The van der Waals surface area contributed by atoms with Crippen molar-refractivity contribution < 1.29 is 9.47 Å². The van der Waals surface area contributed by atoms with E-state index >= 15 is 0 Å². The topological polar surface area (TPSA) is 47.5 Å². The summed E-state index contributed by atoms with van der Waals surface area (Å²) >= 11 is 1.86. The van der Waals surface area contributed by atoms with Gasteiger partial charge >= 0.3 is 0 Å². The third kappa shape index (κ3) is 2.71. The van der Waals surface area contributed by atoms with Gasteiger partial charge in [-0.25, -0.2) is 9.97 Å². The first-order chi connectivity index (χ1) is 13.7. The highest BCUT2D eigenvalue weighted by Gasteiger charge is 2.50. The summed E-state index contributed by atoms with van der Waals surface area (Å²) in [5, 5.41) is 1.23. The Labute approximate surface area is 170 Å². The quantitative estimate of drug-likeness (QED) is 0.773. The average molecular weight is 400 g/mol. The molecule has 28 heavy (non-hydrogen) atoms. The lowest BCUT2D eigenvalue weighted by Gasteiger charge is -2.58. The second-order valence-corrected chi connectivity index (χ2v) is 10.5. The SMILES string of the molecule is CC[C@H]1CCc2sc3ncnc(OC4CCC(N5CC6(COC6)C5)CC4)c3c21. The fourth-order valence-corrected chi connectivity index (χ4v) is 7.10. The van der Waals surface area contributed by atoms with E-state index in [1.165, 1.54) is 61.0 Å². The molecule has 150 valence electrons. The minimum absolute atomic E-state index is 0.300. The summed E-state index contributed by atoms with van der Waals surface area (Å²) in [6.07, 6.45) is 10.4. The summed E-state index contributed by atoms with van der Waals surface area (Å²) in [7, 11) is 0. The maximum atomic E-state index is 6.52. The van der Waals surface area contributed by atoms with Gasteiger partial charge in [0.15, 0.2) is 0 Å². The molecule has 1 spiro atoms. The number of hydrogen-bond donors (Lipinski definition) is 0. The van der Waals surface area contributed by atoms with E-state index in [2.05, 4.69) is 21.8 Å². The summed E-state index contributed by atoms with van der Waals surface area (Å²) in [6.45, 7) is 6.75. The zero-order valence-electron chi connectivity index (χ0n) is 16.7. The fraction of sp³-hybridized carbons (Fsp3) is 0.727. The number of aryl methyl sites for hydroxylation is 1. The number of hydrogen-bond acceptors (Lipinski definition) is 6. The van der Waals surface area contributed by atoms with Crippen molar-refractivity contribution in [1.29, 1.82) is 0 Å². The third-order valence-electron chi connectivity index (χ3n) is 7.52. The van der Waals surface area contributed by atoms with Gasteiger partial charge in [-0.15, -0.1) is 11.3 Å². The van der Waals surface area contributed by atoms with E-state index in [4.69, 9.17) is 9.47 Å². The van der Waals surface area contributed by atoms with Crippen LogP contribution in [0.2, 0.25) is 0 Å². The van der Waals surface area contributed by atoms with E-state index in [-0.39, 0.29) is 0 Å². The lowest BCUT2D eigenvalue weighted by molar-refractivity contribution is -0.201. The van der Waals surface area contributed by atoms with Crippen LogP contribution in [0.5, 0.6) is 5.88 Å². The fourth-order valence-electron chi connectivity index (χ4n) is 5.87. The summed E-state index contributed by atoms with van der Waals surface area (Å²) in [6, 6.07) is 0.742. The number of nitrogens with zero attached hydrogens (tertiary/aromatic N) is 3. The smallest absolute Gasteiger partial charge is 0.225 e. The Hall–Kier alpha value is -1.24. The Morgan fingerprint density at radius 3 is 2.71 bits per heavy atom. The Bertz CT molecular complexity index is 877. The summed E-state index contributed by atoms with van der Waals surface area (Å²) in [5.41, 5.74) is 2.02. The molecule has 2 aromatic heterocycles. The number of rotatable bonds is 4. The van der Waals surface area contributed by atoms with Crippen LogP contribution in [0.15, 0.2) is 6.33 Å². The maximum absolute atomic E-state index is 6.52. The van der Waals surface area contributed by atoms with Gasteiger partial charge in [0.25, 0.3) is 0 Å². The van der Waals surface area contributed by atoms with Crippen LogP contribution in [0.25, 0.3) is 10.2 Å². The summed E-state index contributed by atoms with van der Waals surface area (Å²) in [5.74, 6) is 1.50. The molecule has 5 nitrogen and oxygen atoms in total. The van der Waals surface area contributed by atoms with Crippen molar-refractivity contribution in [3.8, 4) is 5.88 Å². The van der Waals surface area contributed by atoms with Crippen molar-refractivity contribution in [1.82, 2.24) is 14.9 Å². The van der Waals surface area contributed by atoms with E-state index < -0.39 is 0 Å². The molecule has 6 rings (SSSR count). The number of likely N-dealkylation sites (tertiary alicyclic amines) is 1. The summed E-state index contributed by atoms with van der Waals surface area (Å²) in [4.78, 5) is 14.5. The van der Waals surface area contributed by atoms with Crippen molar-refractivity contribution in [3.63, 3.8) is 0 Å². The molecule has 4 heterocycles. The van der Waals surface area contributed by atoms with Crippen molar-refractivity contribution in [2.45, 2.75) is 69.9 Å². The van der Waals surface area contributed by atoms with Crippen LogP contribution in [-0.4, -0.2) is 53.3 Å². The Kier molecular flexibility index (Phi) is 4.18. The number of thiophene rings is 1. The minimum atomic E-state index is 0.300. The van der Waals surface area contributed by atoms with Gasteiger partial charge in [0.2, 0.25) is 5.88 Å². The monoisotopic (exact) mass is 399 g/mol. The molecule has 0 N–H and O–H groups in total. The predicted octanol–water partition coefficient (Wildman–Crippen LogP) is 4.15. The third-order valence-corrected chi connectivity index (χ3v) is 8.69. The van der Waals surface area contributed by atoms with E-state index in [9.17, 15) is 0 Å². The van der Waals surface area contributed by atoms with Gasteiger partial charge in [-0.3, -0.25) is 4.90 Å². The zero-order chi connectivity index (χ0) is 18.7. The van der Waals surface area contributed by atoms with Gasteiger partial charge in [-0.2, -0.15) is 0 Å². The van der Waals surface area contributed by atoms with Crippen LogP contribution in [0.4, 0.5) is 0 Å². The molecule has 0 bridgehead atoms. The molecule has 0 radical (unpaired) electrons. The molecule has 2 aliphatic heterocycles. The normalized spacial score (nSPS) is 31.5. The Morgan fingerprint density at radius 1 is 1.18 bits per heavy atom. The standard InChI is InChI=1S/C22H29N3O2S/c1-2-14-3-8-17-18(14)19-20(23-13-24-21(19)28-17)27-16-6-4-15(5-7-16)25-9-22(10-25)11-26-12-22/h13-16H,2-12H2,1H3/t14-,15?,16?/m0/s1. The largest absolute Gasteiger partial charge is 0.474 e. The van der Waals surface area contributed by atoms with Gasteiger partial charge in [0.1, 0.15) is 17.3 Å². The van der Waals surface area contributed by atoms with Crippen molar-refractivity contribution in [2.75, 3.05) is 26.3 Å². The molecule has 0 aromatic carbocycles. The molecular formula is C22H29N3O2S. The second kappa shape index (κ2) is 6.64. The van der Waals surface area contributed by atoms with Crippen LogP contribution in [0.1, 0.15) is 61.8 Å². The minimum Gasteiger partial charge on any atom is -0.474 e. The van der Waals surface area contributed by atoms with Gasteiger partial charge < -0.3 is 9.47 Å². The second-order valence-electron chi connectivity index (χ2n) is 9.39. The average Bonchev–Trinajstić information content (AvgIpc) is 3.20. The van der Waals surface area contributed by atoms with Gasteiger partial charge in [0, 0.05) is 29.4 Å². The number of ether oxygens (including phenoxy) is 2. The molecule has 2 aliphatic carbocycles. The lowest BCUT2D eigenvalue weighted by atomic mass is 9.75. The predicted molar refractivity (Wildman–Crippen MR) is 110 cm³/mol. The van der Waals surface area contributed by atoms with Crippen molar-refractivity contribution in [2.24, 2.45) is 5.41 Å². The van der Waals surface area contributed by atoms with Gasteiger partial charge in [-0.05, 0) is 56.4 Å². The highest BCUT2D eigenvalue weighted by Crippen LogP contribution is 2.47. The molecule has 0 amide bonds. The maximum Gasteiger partial charge on any atom is 0.225 e. The van der Waals surface area contributed by atoms with Gasteiger partial charge in [-0.1, -0.05) is 6.92 Å². The zero-order valence-corrected chi connectivity index (χ0v) is 17.5. The Morgan fingerprint density at radius 2 is 2.00 bits per heavy atom.